The first-order valence-corrected chi connectivity index (χ1v) is 21.6. The molecule has 0 spiro atoms. The first-order chi connectivity index (χ1) is 31.2. The number of hydrogen-bond acceptors (Lipinski definition) is 12. The fourth-order valence-electron chi connectivity index (χ4n) is 8.04. The number of ether oxygens (including phenoxy) is 3. The summed E-state index contributed by atoms with van der Waals surface area (Å²) in [5, 5.41) is 25.1. The Labute approximate surface area is 384 Å². The number of methoxy groups -OCH3 is 2. The lowest BCUT2D eigenvalue weighted by Gasteiger charge is -2.42. The van der Waals surface area contributed by atoms with E-state index >= 15 is 0 Å². The van der Waals surface area contributed by atoms with Gasteiger partial charge in [0.2, 0.25) is 11.8 Å². The Balaban J connectivity index is 1.20. The zero-order valence-corrected chi connectivity index (χ0v) is 38.3. The fraction of sp³-hybridized carbons (Fsp3) is 0.467. The van der Waals surface area contributed by atoms with Crippen molar-refractivity contribution >= 4 is 46.9 Å². The van der Waals surface area contributed by atoms with Gasteiger partial charge in [0, 0.05) is 69.1 Å². The van der Waals surface area contributed by atoms with Gasteiger partial charge in [-0.15, -0.1) is 13.2 Å². The molecule has 2 aliphatic rings. The van der Waals surface area contributed by atoms with Crippen molar-refractivity contribution in [2.24, 2.45) is 11.3 Å². The van der Waals surface area contributed by atoms with Gasteiger partial charge in [-0.25, -0.2) is 14.8 Å². The number of carbonyl (C=O) groups is 4. The van der Waals surface area contributed by atoms with Gasteiger partial charge in [-0.05, 0) is 50.5 Å². The van der Waals surface area contributed by atoms with Gasteiger partial charge in [0.1, 0.15) is 23.4 Å². The third kappa shape index (κ3) is 11.0. The number of alkyl carbamates (subject to hydrolysis) is 1. The monoisotopic (exact) mass is 942 g/mol. The van der Waals surface area contributed by atoms with Gasteiger partial charge in [-0.1, -0.05) is 49.7 Å². The van der Waals surface area contributed by atoms with E-state index in [0.717, 1.165) is 6.07 Å². The number of alkyl halides is 3. The molecule has 4 heterocycles. The van der Waals surface area contributed by atoms with Gasteiger partial charge < -0.3 is 54.7 Å². The predicted molar refractivity (Wildman–Crippen MR) is 238 cm³/mol. The molecule has 4 atom stereocenters. The first-order valence-electron chi connectivity index (χ1n) is 21.2. The number of carbonyl (C=O) groups excluding carboxylic acids is 4. The van der Waals surface area contributed by atoms with Crippen molar-refractivity contribution in [3.05, 3.63) is 76.8 Å². The number of aliphatic hydroxyl groups is 2. The molecule has 2 aliphatic heterocycles. The van der Waals surface area contributed by atoms with Gasteiger partial charge >= 0.3 is 12.5 Å². The quantitative estimate of drug-likeness (QED) is 0.0963. The van der Waals surface area contributed by atoms with Crippen LogP contribution in [0, 0.1) is 11.3 Å². The van der Waals surface area contributed by atoms with E-state index in [9.17, 15) is 42.6 Å². The maximum atomic E-state index is 13.9. The summed E-state index contributed by atoms with van der Waals surface area (Å²) >= 11 is 6.60. The van der Waals surface area contributed by atoms with Gasteiger partial charge in [0.25, 0.3) is 5.91 Å². The number of nitrogens with one attached hydrogen (secondary N) is 3. The number of anilines is 2. The zero-order valence-electron chi connectivity index (χ0n) is 37.5. The molecule has 66 heavy (non-hydrogen) atoms. The van der Waals surface area contributed by atoms with Gasteiger partial charge in [-0.3, -0.25) is 14.4 Å². The van der Waals surface area contributed by atoms with Crippen LogP contribution >= 0.6 is 11.6 Å². The zero-order chi connectivity index (χ0) is 48.2. The number of aromatic nitrogens is 3. The smallest absolute Gasteiger partial charge is 0.453 e. The molecule has 356 valence electrons. The minimum absolute atomic E-state index is 0.0418. The van der Waals surface area contributed by atoms with E-state index in [-0.39, 0.29) is 70.4 Å². The van der Waals surface area contributed by atoms with Crippen molar-refractivity contribution in [3.63, 3.8) is 0 Å². The van der Waals surface area contributed by atoms with Crippen LogP contribution in [0.3, 0.4) is 0 Å². The molecule has 5 N–H and O–H groups in total. The van der Waals surface area contributed by atoms with Gasteiger partial charge in [-0.2, -0.15) is 0 Å². The van der Waals surface area contributed by atoms with Gasteiger partial charge in [0.15, 0.2) is 0 Å². The van der Waals surface area contributed by atoms with E-state index in [1.165, 1.54) is 44.7 Å². The Bertz CT molecular complexity index is 2400. The number of halogens is 4. The number of rotatable bonds is 14. The summed E-state index contributed by atoms with van der Waals surface area (Å²) in [6, 6.07) is 9.95. The number of hydrogen-bond donors (Lipinski definition) is 5. The molecule has 2 fully saturated rings. The average molecular weight is 943 g/mol. The van der Waals surface area contributed by atoms with E-state index in [0.29, 0.717) is 54.6 Å². The summed E-state index contributed by atoms with van der Waals surface area (Å²) in [5.74, 6) is -1.25. The second-order valence-electron chi connectivity index (χ2n) is 17.2. The lowest BCUT2D eigenvalue weighted by molar-refractivity contribution is -0.274. The Morgan fingerprint density at radius 2 is 1.70 bits per heavy atom. The molecule has 2 aromatic heterocycles. The largest absolute Gasteiger partial charge is 0.573 e. The minimum Gasteiger partial charge on any atom is -0.453 e. The maximum absolute atomic E-state index is 13.9. The number of imidazole rings is 1. The SMILES string of the molecule is COC(=O)N[C@H](C(=O)N1C[C@@H](OC)C[C@H]1c1nc(-c2ccc(-c3cc(Cl)c(NC(=O)c4ccc(N5CCN(C(=O)C(C)(C)CO)C[C@H]5C)nc4)cc3OC(F)(F)F)cc2)c(CO)[nH]1)C(C)C. The molecule has 2 aromatic carbocycles. The van der Waals surface area contributed by atoms with E-state index in [4.69, 9.17) is 26.1 Å². The maximum Gasteiger partial charge on any atom is 0.573 e. The number of likely N-dealkylation sites (tertiary alicyclic amines) is 1. The second-order valence-corrected chi connectivity index (χ2v) is 17.6. The molecule has 0 bridgehead atoms. The van der Waals surface area contributed by atoms with Crippen molar-refractivity contribution in [2.75, 3.05) is 57.2 Å². The molecule has 6 rings (SSSR count). The Morgan fingerprint density at radius 1 is 1.00 bits per heavy atom. The molecular weight excluding hydrogens is 889 g/mol. The summed E-state index contributed by atoms with van der Waals surface area (Å²) in [6.45, 7) is 9.62. The van der Waals surface area contributed by atoms with Crippen LogP contribution < -0.4 is 20.3 Å². The van der Waals surface area contributed by atoms with Crippen molar-refractivity contribution in [1.82, 2.24) is 30.1 Å². The number of H-pyrrole nitrogens is 1. The summed E-state index contributed by atoms with van der Waals surface area (Å²) in [4.78, 5) is 69.9. The van der Waals surface area contributed by atoms with E-state index in [1.807, 2.05) is 11.8 Å². The van der Waals surface area contributed by atoms with Crippen LogP contribution in [0.2, 0.25) is 5.02 Å². The highest BCUT2D eigenvalue weighted by Crippen LogP contribution is 2.41. The Hall–Kier alpha value is -5.96. The average Bonchev–Trinajstić information content (AvgIpc) is 3.93. The Kier molecular flexibility index (Phi) is 15.2. The second kappa shape index (κ2) is 20.3. The fourth-order valence-corrected chi connectivity index (χ4v) is 8.26. The number of benzene rings is 2. The van der Waals surface area contributed by atoms with Crippen LogP contribution in [0.15, 0.2) is 54.7 Å². The number of aliphatic hydroxyl groups excluding tert-OH is 2. The number of pyridine rings is 1. The van der Waals surface area contributed by atoms with E-state index < -0.39 is 48.2 Å². The van der Waals surface area contributed by atoms with Crippen LogP contribution in [0.5, 0.6) is 5.75 Å². The van der Waals surface area contributed by atoms with Gasteiger partial charge in [0.05, 0.1) is 65.5 Å². The van der Waals surface area contributed by atoms with Crippen LogP contribution in [-0.2, 0) is 25.7 Å². The Morgan fingerprint density at radius 3 is 2.27 bits per heavy atom. The highest BCUT2D eigenvalue weighted by atomic mass is 35.5. The topological polar surface area (TPSA) is 212 Å². The minimum atomic E-state index is -5.11. The van der Waals surface area contributed by atoms with Crippen LogP contribution in [0.4, 0.5) is 29.5 Å². The summed E-state index contributed by atoms with van der Waals surface area (Å²) in [7, 11) is 2.73. The lowest BCUT2D eigenvalue weighted by atomic mass is 9.92. The lowest BCUT2D eigenvalue weighted by Crippen LogP contribution is -2.56. The summed E-state index contributed by atoms with van der Waals surface area (Å²) in [5.41, 5.74) is 0.399. The van der Waals surface area contributed by atoms with Crippen LogP contribution in [0.1, 0.15) is 69.0 Å². The van der Waals surface area contributed by atoms with Crippen LogP contribution in [-0.4, -0.2) is 130 Å². The number of piperazine rings is 1. The molecule has 4 aromatic rings. The van der Waals surface area contributed by atoms with Crippen LogP contribution in [0.25, 0.3) is 22.4 Å². The number of aromatic amines is 1. The molecule has 4 amide bonds. The van der Waals surface area contributed by atoms with Crippen molar-refractivity contribution in [3.8, 4) is 28.1 Å². The predicted octanol–water partition coefficient (Wildman–Crippen LogP) is 6.16. The number of amides is 4. The molecule has 2 saturated heterocycles. The van der Waals surface area contributed by atoms with E-state index in [2.05, 4.69) is 25.3 Å². The third-order valence-electron chi connectivity index (χ3n) is 11.7. The highest BCUT2D eigenvalue weighted by Gasteiger charge is 2.42. The first kappa shape index (κ1) is 49.5. The molecule has 0 saturated carbocycles. The molecule has 21 heteroatoms. The van der Waals surface area contributed by atoms with E-state index in [1.54, 1.807) is 55.7 Å². The molecular formula is C45H54ClF3N8O9. The third-order valence-corrected chi connectivity index (χ3v) is 12.1. The normalized spacial score (nSPS) is 18.3. The van der Waals surface area contributed by atoms with Crippen molar-refractivity contribution in [2.45, 2.75) is 78.2 Å². The number of nitrogens with zero attached hydrogens (tertiary/aromatic N) is 5. The standard InChI is InChI=1S/C45H54ClF3N8O9/c1-24(2)37(54-43(63)65-7)41(61)57-21-29(64-6)16-34(57)39-51-33(22-58)38(53-39)27-10-8-26(9-11-27)30-17-31(46)32(18-35(30)66-45(47,48)49)52-40(60)28-12-13-36(50-19-28)56-15-14-55(20-25(56)3)42(62)44(4,5)23-59/h8-13,17-19,24-25,29,34,37,58-59H,14-16,20-23H2,1-7H3,(H,51,53)(H,52,60)(H,54,63)/t25-,29+,34+,37+/m1/s1. The molecule has 0 radical (unpaired) electrons. The van der Waals surface area contributed by atoms with Crippen molar-refractivity contribution in [1.29, 1.82) is 0 Å². The summed E-state index contributed by atoms with van der Waals surface area (Å²) in [6.07, 6.45) is -4.54. The molecule has 0 aliphatic carbocycles. The summed E-state index contributed by atoms with van der Waals surface area (Å²) < 4.78 is 56.3. The molecule has 0 unspecified atom stereocenters. The highest BCUT2D eigenvalue weighted by molar-refractivity contribution is 6.34. The molecule has 17 nitrogen and oxygen atoms in total. The van der Waals surface area contributed by atoms with Crippen molar-refractivity contribution < 1.29 is 56.8 Å².